The molecule has 0 saturated heterocycles. The van der Waals surface area contributed by atoms with Crippen molar-refractivity contribution in [3.8, 4) is 11.5 Å². The lowest BCUT2D eigenvalue weighted by Gasteiger charge is -2.26. The molecular formula is C24H32N2O5S. The average Bonchev–Trinajstić information content (AvgIpc) is 2.76. The molecule has 1 aliphatic rings. The van der Waals surface area contributed by atoms with E-state index in [2.05, 4.69) is 38.2 Å². The Morgan fingerprint density at radius 3 is 2.28 bits per heavy atom. The highest BCUT2D eigenvalue weighted by Gasteiger charge is 2.26. The van der Waals surface area contributed by atoms with Crippen LogP contribution in [0.2, 0.25) is 0 Å². The highest BCUT2D eigenvalue weighted by Crippen LogP contribution is 2.35. The first-order chi connectivity index (χ1) is 15.0. The van der Waals surface area contributed by atoms with E-state index in [1.165, 1.54) is 5.56 Å². The van der Waals surface area contributed by atoms with Gasteiger partial charge >= 0.3 is 0 Å². The standard InChI is InChI=1S/C24H32N2O5S/c1-6-32(28,29)26(20-11-12-21-22(15-20)31-14-13-30-21)16-23(27)25-17(2)18-7-9-19(10-8-18)24(3,4)5/h7-12,15,17H,6,13-14,16H2,1-5H3,(H,25,27). The number of sulfonamides is 1. The summed E-state index contributed by atoms with van der Waals surface area (Å²) >= 11 is 0. The molecule has 2 aromatic rings. The van der Waals surface area contributed by atoms with Crippen molar-refractivity contribution in [2.24, 2.45) is 0 Å². The highest BCUT2D eigenvalue weighted by atomic mass is 32.2. The zero-order chi connectivity index (χ0) is 23.5. The van der Waals surface area contributed by atoms with Crippen LogP contribution in [0.5, 0.6) is 11.5 Å². The van der Waals surface area contributed by atoms with Gasteiger partial charge < -0.3 is 14.8 Å². The first kappa shape index (κ1) is 23.9. The molecule has 0 saturated carbocycles. The molecule has 32 heavy (non-hydrogen) atoms. The van der Waals surface area contributed by atoms with Gasteiger partial charge in [0.25, 0.3) is 0 Å². The van der Waals surface area contributed by atoms with E-state index in [0.717, 1.165) is 9.87 Å². The Labute approximate surface area is 190 Å². The van der Waals surface area contributed by atoms with Gasteiger partial charge in [-0.2, -0.15) is 0 Å². The zero-order valence-corrected chi connectivity index (χ0v) is 20.2. The average molecular weight is 461 g/mol. The molecule has 1 atom stereocenters. The van der Waals surface area contributed by atoms with Crippen molar-refractivity contribution in [1.82, 2.24) is 5.32 Å². The summed E-state index contributed by atoms with van der Waals surface area (Å²) in [5.41, 5.74) is 2.58. The van der Waals surface area contributed by atoms with E-state index in [1.54, 1.807) is 25.1 Å². The maximum atomic E-state index is 12.8. The van der Waals surface area contributed by atoms with E-state index >= 15 is 0 Å². The summed E-state index contributed by atoms with van der Waals surface area (Å²) in [6, 6.07) is 12.7. The molecule has 0 aromatic heterocycles. The van der Waals surface area contributed by atoms with E-state index < -0.39 is 10.0 Å². The largest absolute Gasteiger partial charge is 0.486 e. The summed E-state index contributed by atoms with van der Waals surface area (Å²) in [4.78, 5) is 12.8. The fourth-order valence-electron chi connectivity index (χ4n) is 3.47. The number of fused-ring (bicyclic) bond motifs is 1. The molecule has 8 heteroatoms. The van der Waals surface area contributed by atoms with Crippen LogP contribution in [0.3, 0.4) is 0 Å². The summed E-state index contributed by atoms with van der Waals surface area (Å²) < 4.78 is 37.7. The topological polar surface area (TPSA) is 84.9 Å². The van der Waals surface area contributed by atoms with Crippen LogP contribution in [0.4, 0.5) is 5.69 Å². The molecule has 7 nitrogen and oxygen atoms in total. The fourth-order valence-corrected chi connectivity index (χ4v) is 4.53. The van der Waals surface area contributed by atoms with Gasteiger partial charge in [-0.15, -0.1) is 0 Å². The molecule has 1 aliphatic heterocycles. The summed E-state index contributed by atoms with van der Waals surface area (Å²) in [5, 5.41) is 2.91. The predicted octanol–water partition coefficient (Wildman–Crippen LogP) is 3.79. The molecular weight excluding hydrogens is 428 g/mol. The van der Waals surface area contributed by atoms with Gasteiger partial charge in [0, 0.05) is 6.07 Å². The number of nitrogens with zero attached hydrogens (tertiary/aromatic N) is 1. The lowest BCUT2D eigenvalue weighted by Crippen LogP contribution is -2.42. The van der Waals surface area contributed by atoms with Gasteiger partial charge in [-0.25, -0.2) is 8.42 Å². The van der Waals surface area contributed by atoms with E-state index in [4.69, 9.17) is 9.47 Å². The Kier molecular flexibility index (Phi) is 7.03. The van der Waals surface area contributed by atoms with Gasteiger partial charge in [-0.05, 0) is 42.5 Å². The third kappa shape index (κ3) is 5.54. The third-order valence-electron chi connectivity index (χ3n) is 5.46. The number of carbonyl (C=O) groups is 1. The molecule has 1 unspecified atom stereocenters. The van der Waals surface area contributed by atoms with Crippen LogP contribution in [-0.4, -0.2) is 39.8 Å². The third-order valence-corrected chi connectivity index (χ3v) is 7.20. The summed E-state index contributed by atoms with van der Waals surface area (Å²) in [6.07, 6.45) is 0. The summed E-state index contributed by atoms with van der Waals surface area (Å²) in [5.74, 6) is 0.520. The van der Waals surface area contributed by atoms with Crippen LogP contribution < -0.4 is 19.1 Å². The molecule has 2 aromatic carbocycles. The number of hydrogen-bond donors (Lipinski definition) is 1. The first-order valence-electron chi connectivity index (χ1n) is 10.8. The number of carbonyl (C=O) groups excluding carboxylic acids is 1. The SMILES string of the molecule is CCS(=O)(=O)N(CC(=O)NC(C)c1ccc(C(C)(C)C)cc1)c1ccc2c(c1)OCCO2. The lowest BCUT2D eigenvalue weighted by molar-refractivity contribution is -0.120. The van der Waals surface area contributed by atoms with Crippen molar-refractivity contribution in [3.05, 3.63) is 53.6 Å². The molecule has 0 fully saturated rings. The minimum Gasteiger partial charge on any atom is -0.486 e. The van der Waals surface area contributed by atoms with Gasteiger partial charge in [0.05, 0.1) is 17.5 Å². The van der Waals surface area contributed by atoms with E-state index in [-0.39, 0.29) is 29.7 Å². The molecule has 3 rings (SSSR count). The molecule has 0 bridgehead atoms. The van der Waals surface area contributed by atoms with Crippen molar-refractivity contribution in [2.45, 2.75) is 46.1 Å². The number of amides is 1. The highest BCUT2D eigenvalue weighted by molar-refractivity contribution is 7.92. The molecule has 1 amide bonds. The van der Waals surface area contributed by atoms with Crippen molar-refractivity contribution in [3.63, 3.8) is 0 Å². The van der Waals surface area contributed by atoms with E-state index in [1.807, 2.05) is 19.1 Å². The summed E-state index contributed by atoms with van der Waals surface area (Å²) in [6.45, 7) is 10.4. The van der Waals surface area contributed by atoms with Crippen LogP contribution in [0.25, 0.3) is 0 Å². The molecule has 0 spiro atoms. The molecule has 0 aliphatic carbocycles. The first-order valence-corrected chi connectivity index (χ1v) is 12.4. The van der Waals surface area contributed by atoms with E-state index in [0.29, 0.717) is 30.4 Å². The maximum absolute atomic E-state index is 12.8. The number of benzene rings is 2. The van der Waals surface area contributed by atoms with Gasteiger partial charge in [-0.3, -0.25) is 9.10 Å². The number of hydrogen-bond acceptors (Lipinski definition) is 5. The Morgan fingerprint density at radius 1 is 1.06 bits per heavy atom. The van der Waals surface area contributed by atoms with Crippen molar-refractivity contribution in [2.75, 3.05) is 29.8 Å². The number of ether oxygens (including phenoxy) is 2. The van der Waals surface area contributed by atoms with Gasteiger partial charge in [0.15, 0.2) is 11.5 Å². The molecule has 1 heterocycles. The van der Waals surface area contributed by atoms with Crippen molar-refractivity contribution >= 4 is 21.6 Å². The van der Waals surface area contributed by atoms with E-state index in [9.17, 15) is 13.2 Å². The Morgan fingerprint density at radius 2 is 1.69 bits per heavy atom. The second-order valence-corrected chi connectivity index (χ2v) is 11.1. The van der Waals surface area contributed by atoms with Crippen LogP contribution in [0.1, 0.15) is 51.8 Å². The minimum atomic E-state index is -3.68. The smallest absolute Gasteiger partial charge is 0.241 e. The maximum Gasteiger partial charge on any atom is 0.241 e. The normalized spacial score (nSPS) is 14.5. The lowest BCUT2D eigenvalue weighted by atomic mass is 9.86. The van der Waals surface area contributed by atoms with Gasteiger partial charge in [0.1, 0.15) is 19.8 Å². The minimum absolute atomic E-state index is 0.0453. The molecule has 174 valence electrons. The Bertz CT molecular complexity index is 1060. The van der Waals surface area contributed by atoms with Gasteiger partial charge in [0.2, 0.25) is 15.9 Å². The van der Waals surface area contributed by atoms with Crippen molar-refractivity contribution in [1.29, 1.82) is 0 Å². The Balaban J connectivity index is 1.76. The predicted molar refractivity (Wildman–Crippen MR) is 126 cm³/mol. The quantitative estimate of drug-likeness (QED) is 0.680. The van der Waals surface area contributed by atoms with Crippen LogP contribution in [0.15, 0.2) is 42.5 Å². The van der Waals surface area contributed by atoms with Crippen LogP contribution >= 0.6 is 0 Å². The number of anilines is 1. The molecule has 1 N–H and O–H groups in total. The number of nitrogens with one attached hydrogen (secondary N) is 1. The number of rotatable bonds is 7. The molecule has 0 radical (unpaired) electrons. The van der Waals surface area contributed by atoms with Crippen LogP contribution in [0, 0.1) is 0 Å². The van der Waals surface area contributed by atoms with Gasteiger partial charge in [-0.1, -0.05) is 45.0 Å². The fraction of sp³-hybridized carbons (Fsp3) is 0.458. The monoisotopic (exact) mass is 460 g/mol. The Hall–Kier alpha value is -2.74. The second-order valence-electron chi connectivity index (χ2n) is 8.90. The second kappa shape index (κ2) is 9.40. The summed E-state index contributed by atoms with van der Waals surface area (Å²) in [7, 11) is -3.68. The van der Waals surface area contributed by atoms with Crippen molar-refractivity contribution < 1.29 is 22.7 Å². The zero-order valence-electron chi connectivity index (χ0n) is 19.3. The van der Waals surface area contributed by atoms with Crippen LogP contribution in [-0.2, 0) is 20.2 Å².